The van der Waals surface area contributed by atoms with Crippen molar-refractivity contribution in [1.29, 1.82) is 0 Å². The number of nitrogens with zero attached hydrogens (tertiary/aromatic N) is 2. The van der Waals surface area contributed by atoms with Gasteiger partial charge in [0.05, 0.1) is 0 Å². The van der Waals surface area contributed by atoms with Gasteiger partial charge in [-0.2, -0.15) is 4.98 Å². The van der Waals surface area contributed by atoms with E-state index in [4.69, 9.17) is 4.52 Å². The van der Waals surface area contributed by atoms with Crippen LogP contribution in [-0.2, 0) is 6.42 Å². The van der Waals surface area contributed by atoms with Gasteiger partial charge in [-0.05, 0) is 32.9 Å². The lowest BCUT2D eigenvalue weighted by Crippen LogP contribution is -2.08. The molecule has 1 aromatic rings. The number of aryl methyl sites for hydroxylation is 1. The van der Waals surface area contributed by atoms with Crippen LogP contribution in [0.3, 0.4) is 0 Å². The zero-order chi connectivity index (χ0) is 11.2. The Bertz CT molecular complexity index is 305. The highest BCUT2D eigenvalue weighted by molar-refractivity contribution is 4.96. The molecule has 1 aliphatic carbocycles. The number of rotatable bonds is 5. The van der Waals surface area contributed by atoms with Crippen LogP contribution in [0.5, 0.6) is 0 Å². The summed E-state index contributed by atoms with van der Waals surface area (Å²) in [4.78, 5) is 4.50. The Labute approximate surface area is 96.8 Å². The summed E-state index contributed by atoms with van der Waals surface area (Å²) in [5, 5.41) is 7.23. The van der Waals surface area contributed by atoms with Gasteiger partial charge in [-0.3, -0.25) is 0 Å². The van der Waals surface area contributed by atoms with E-state index in [1.165, 1.54) is 32.1 Å². The molecule has 1 saturated carbocycles. The van der Waals surface area contributed by atoms with E-state index in [0.717, 1.165) is 31.1 Å². The van der Waals surface area contributed by atoms with Crippen LogP contribution in [0.25, 0.3) is 0 Å². The fourth-order valence-corrected chi connectivity index (χ4v) is 2.31. The van der Waals surface area contributed by atoms with Gasteiger partial charge in [-0.1, -0.05) is 24.4 Å². The lowest BCUT2D eigenvalue weighted by molar-refractivity contribution is 0.356. The second-order valence-corrected chi connectivity index (χ2v) is 4.59. The van der Waals surface area contributed by atoms with E-state index >= 15 is 0 Å². The van der Waals surface area contributed by atoms with Crippen molar-refractivity contribution in [2.45, 2.75) is 50.9 Å². The zero-order valence-corrected chi connectivity index (χ0v) is 10.0. The molecule has 1 fully saturated rings. The third kappa shape index (κ3) is 3.04. The summed E-state index contributed by atoms with van der Waals surface area (Å²) >= 11 is 0. The van der Waals surface area contributed by atoms with Crippen LogP contribution >= 0.6 is 0 Å². The molecule has 4 heteroatoms. The molecule has 1 heterocycles. The number of nitrogens with one attached hydrogen (secondary N) is 1. The molecule has 1 aromatic heterocycles. The van der Waals surface area contributed by atoms with E-state index in [-0.39, 0.29) is 0 Å². The van der Waals surface area contributed by atoms with E-state index in [1.54, 1.807) is 0 Å². The van der Waals surface area contributed by atoms with Gasteiger partial charge in [0.2, 0.25) is 5.89 Å². The maximum Gasteiger partial charge on any atom is 0.226 e. The van der Waals surface area contributed by atoms with Crippen LogP contribution in [0.15, 0.2) is 4.52 Å². The highest BCUT2D eigenvalue weighted by Crippen LogP contribution is 2.30. The summed E-state index contributed by atoms with van der Waals surface area (Å²) in [5.74, 6) is 2.30. The Kier molecular flexibility index (Phi) is 4.34. The van der Waals surface area contributed by atoms with E-state index in [9.17, 15) is 0 Å². The van der Waals surface area contributed by atoms with Crippen molar-refractivity contribution >= 4 is 0 Å². The van der Waals surface area contributed by atoms with Crippen LogP contribution in [0.2, 0.25) is 0 Å². The first-order valence-corrected chi connectivity index (χ1v) is 6.37. The zero-order valence-electron chi connectivity index (χ0n) is 10.0. The first-order valence-electron chi connectivity index (χ1n) is 6.37. The fraction of sp³-hybridized carbons (Fsp3) is 0.833. The molecule has 0 amide bonds. The quantitative estimate of drug-likeness (QED) is 0.778. The fourth-order valence-electron chi connectivity index (χ4n) is 2.31. The van der Waals surface area contributed by atoms with Crippen LogP contribution in [0.1, 0.15) is 56.2 Å². The molecule has 0 spiro atoms. The molecule has 1 N–H and O–H groups in total. The summed E-state index contributed by atoms with van der Waals surface area (Å²) < 4.78 is 5.28. The number of aromatic nitrogens is 2. The molecule has 0 saturated heterocycles. The van der Waals surface area contributed by atoms with Crippen molar-refractivity contribution in [3.05, 3.63) is 11.7 Å². The molecule has 1 aliphatic rings. The van der Waals surface area contributed by atoms with E-state index < -0.39 is 0 Å². The average molecular weight is 223 g/mol. The lowest BCUT2D eigenvalue weighted by atomic mass is 9.89. The molecule has 0 atom stereocenters. The van der Waals surface area contributed by atoms with Gasteiger partial charge in [-0.15, -0.1) is 0 Å². The first kappa shape index (κ1) is 11.6. The van der Waals surface area contributed by atoms with Crippen LogP contribution in [-0.4, -0.2) is 23.7 Å². The van der Waals surface area contributed by atoms with Crippen molar-refractivity contribution in [2.75, 3.05) is 13.6 Å². The smallest absolute Gasteiger partial charge is 0.226 e. The molecule has 2 rings (SSSR count). The second-order valence-electron chi connectivity index (χ2n) is 4.59. The van der Waals surface area contributed by atoms with Gasteiger partial charge in [0.25, 0.3) is 0 Å². The molecule has 16 heavy (non-hydrogen) atoms. The van der Waals surface area contributed by atoms with Gasteiger partial charge >= 0.3 is 0 Å². The lowest BCUT2D eigenvalue weighted by Gasteiger charge is -2.17. The summed E-state index contributed by atoms with van der Waals surface area (Å²) in [6.45, 7) is 1.00. The molecular weight excluding hydrogens is 202 g/mol. The Morgan fingerprint density at radius 1 is 1.31 bits per heavy atom. The van der Waals surface area contributed by atoms with Crippen LogP contribution < -0.4 is 5.32 Å². The maximum atomic E-state index is 5.28. The summed E-state index contributed by atoms with van der Waals surface area (Å²) in [7, 11) is 1.96. The Morgan fingerprint density at radius 3 is 2.88 bits per heavy atom. The molecule has 0 unspecified atom stereocenters. The van der Waals surface area contributed by atoms with Gasteiger partial charge in [-0.25, -0.2) is 0 Å². The monoisotopic (exact) mass is 223 g/mol. The van der Waals surface area contributed by atoms with Crippen molar-refractivity contribution in [1.82, 2.24) is 15.5 Å². The van der Waals surface area contributed by atoms with Crippen LogP contribution in [0.4, 0.5) is 0 Å². The highest BCUT2D eigenvalue weighted by Gasteiger charge is 2.20. The summed E-state index contributed by atoms with van der Waals surface area (Å²) in [6.07, 6.45) is 8.40. The Balaban J connectivity index is 1.85. The van der Waals surface area contributed by atoms with E-state index in [0.29, 0.717) is 5.92 Å². The largest absolute Gasteiger partial charge is 0.339 e. The third-order valence-corrected chi connectivity index (χ3v) is 3.27. The minimum atomic E-state index is 0.551. The normalized spacial score (nSPS) is 17.8. The van der Waals surface area contributed by atoms with Crippen molar-refractivity contribution in [3.63, 3.8) is 0 Å². The molecule has 90 valence electrons. The van der Waals surface area contributed by atoms with Gasteiger partial charge < -0.3 is 9.84 Å². The first-order chi connectivity index (χ1) is 7.90. The van der Waals surface area contributed by atoms with Gasteiger partial charge in [0, 0.05) is 12.3 Å². The van der Waals surface area contributed by atoms with Gasteiger partial charge in [0.1, 0.15) is 0 Å². The third-order valence-electron chi connectivity index (χ3n) is 3.27. The summed E-state index contributed by atoms with van der Waals surface area (Å²) in [6, 6.07) is 0. The van der Waals surface area contributed by atoms with E-state index in [1.807, 2.05) is 7.05 Å². The number of hydrogen-bond donors (Lipinski definition) is 1. The second kappa shape index (κ2) is 5.99. The molecule has 0 bridgehead atoms. The highest BCUT2D eigenvalue weighted by atomic mass is 16.5. The average Bonchev–Trinajstić information content (AvgIpc) is 2.79. The Hall–Kier alpha value is -0.900. The van der Waals surface area contributed by atoms with Crippen LogP contribution in [0, 0.1) is 0 Å². The predicted molar refractivity (Wildman–Crippen MR) is 62.4 cm³/mol. The van der Waals surface area contributed by atoms with E-state index in [2.05, 4.69) is 15.5 Å². The number of hydrogen-bond acceptors (Lipinski definition) is 4. The molecule has 0 aromatic carbocycles. The van der Waals surface area contributed by atoms with Crippen molar-refractivity contribution < 1.29 is 4.52 Å². The molecule has 0 radical (unpaired) electrons. The van der Waals surface area contributed by atoms with Gasteiger partial charge in [0.15, 0.2) is 5.82 Å². The van der Waals surface area contributed by atoms with Crippen molar-refractivity contribution in [3.8, 4) is 0 Å². The van der Waals surface area contributed by atoms with Crippen molar-refractivity contribution in [2.24, 2.45) is 0 Å². The standard InChI is InChI=1S/C12H21N3O/c1-13-9-5-8-11-14-12(15-16-11)10-6-3-2-4-7-10/h10,13H,2-9H2,1H3. The molecule has 0 aliphatic heterocycles. The minimum Gasteiger partial charge on any atom is -0.339 e. The topological polar surface area (TPSA) is 51.0 Å². The Morgan fingerprint density at radius 2 is 2.12 bits per heavy atom. The minimum absolute atomic E-state index is 0.551. The predicted octanol–water partition coefficient (Wildman–Crippen LogP) is 2.27. The SMILES string of the molecule is CNCCCc1nc(C2CCCCC2)no1. The maximum absolute atomic E-state index is 5.28. The molecular formula is C12H21N3O. The molecule has 4 nitrogen and oxygen atoms in total. The summed E-state index contributed by atoms with van der Waals surface area (Å²) in [5.41, 5.74) is 0.